The molecule has 6 nitrogen and oxygen atoms in total. The predicted molar refractivity (Wildman–Crippen MR) is 30.1 cm³/mol. The SMILES string of the molecule is CCn1ccnc1.[O-][Cl+3]([O-])([O-])O. The summed E-state index contributed by atoms with van der Waals surface area (Å²) in [5, 5.41) is 0. The Hall–Kier alpha value is -0.660. The van der Waals surface area contributed by atoms with Crippen LogP contribution in [0.4, 0.5) is 0 Å². The second kappa shape index (κ2) is 5.07. The molecule has 70 valence electrons. The number of rotatable bonds is 1. The largest absolute Gasteiger partial charge is 0.338 e. The van der Waals surface area contributed by atoms with Gasteiger partial charge >= 0.3 is 0 Å². The third-order valence-electron chi connectivity index (χ3n) is 0.924. The summed E-state index contributed by atoms with van der Waals surface area (Å²) >= 11 is 0. The molecule has 0 atom stereocenters. The predicted octanol–water partition coefficient (Wildman–Crippen LogP) is -3.22. The van der Waals surface area contributed by atoms with Gasteiger partial charge in [-0.3, -0.25) is 0 Å². The van der Waals surface area contributed by atoms with E-state index in [1.54, 1.807) is 12.5 Å². The van der Waals surface area contributed by atoms with E-state index in [9.17, 15) is 0 Å². The van der Waals surface area contributed by atoms with E-state index in [1.807, 2.05) is 10.8 Å². The van der Waals surface area contributed by atoms with Crippen LogP contribution in [-0.4, -0.2) is 14.2 Å². The molecule has 0 bridgehead atoms. The fraction of sp³-hybridized carbons (Fsp3) is 0.400. The van der Waals surface area contributed by atoms with Crippen LogP contribution in [0.3, 0.4) is 0 Å². The van der Waals surface area contributed by atoms with Crippen molar-refractivity contribution in [3.05, 3.63) is 18.7 Å². The summed E-state index contributed by atoms with van der Waals surface area (Å²) in [7, 11) is -4.69. The number of aromatic nitrogens is 2. The first-order valence-corrected chi connectivity index (χ1v) is 4.29. The molecule has 1 N–H and O–H groups in total. The Morgan fingerprint density at radius 3 is 2.17 bits per heavy atom. The van der Waals surface area contributed by atoms with Crippen molar-refractivity contribution in [2.45, 2.75) is 13.5 Å². The molecule has 0 aliphatic heterocycles. The lowest BCUT2D eigenvalue weighted by molar-refractivity contribution is -1.92. The molecule has 0 aromatic carbocycles. The van der Waals surface area contributed by atoms with Gasteiger partial charge in [-0.15, -0.1) is 0 Å². The Balaban J connectivity index is 0.000000217. The van der Waals surface area contributed by atoms with Gasteiger partial charge in [0, 0.05) is 18.9 Å². The fourth-order valence-corrected chi connectivity index (χ4v) is 0.474. The molecule has 0 aliphatic carbocycles. The van der Waals surface area contributed by atoms with Gasteiger partial charge in [-0.2, -0.15) is 14.0 Å². The maximum atomic E-state index is 8.60. The van der Waals surface area contributed by atoms with Crippen LogP contribution in [0.25, 0.3) is 0 Å². The first kappa shape index (κ1) is 11.3. The van der Waals surface area contributed by atoms with Crippen LogP contribution in [0, 0.1) is 10.2 Å². The smallest absolute Gasteiger partial charge is 0.0945 e. The summed E-state index contributed by atoms with van der Waals surface area (Å²) in [5.74, 6) is 0. The number of hydrogen-bond donors (Lipinski definition) is 1. The van der Waals surface area contributed by atoms with E-state index in [2.05, 4.69) is 11.9 Å². The maximum absolute atomic E-state index is 8.60. The van der Waals surface area contributed by atoms with Crippen LogP contribution in [-0.2, 0) is 6.54 Å². The Kier molecular flexibility index (Phi) is 4.79. The second-order valence-corrected chi connectivity index (χ2v) is 2.58. The highest BCUT2D eigenvalue weighted by Crippen LogP contribution is 1.81. The van der Waals surface area contributed by atoms with E-state index in [0.29, 0.717) is 0 Å². The molecule has 0 unspecified atom stereocenters. The highest BCUT2D eigenvalue weighted by atomic mass is 35.7. The van der Waals surface area contributed by atoms with Crippen LogP contribution in [0.1, 0.15) is 6.92 Å². The first-order valence-electron chi connectivity index (χ1n) is 3.02. The molecule has 0 saturated heterocycles. The number of imidazole rings is 1. The number of nitrogens with zero attached hydrogens (tertiary/aromatic N) is 2. The van der Waals surface area contributed by atoms with Crippen molar-refractivity contribution < 1.29 is 28.9 Å². The minimum absolute atomic E-state index is 1.01. The number of halogens is 1. The van der Waals surface area contributed by atoms with Crippen molar-refractivity contribution in [3.63, 3.8) is 0 Å². The zero-order valence-corrected chi connectivity index (χ0v) is 7.14. The number of aryl methyl sites for hydroxylation is 1. The molecule has 0 saturated carbocycles. The molecule has 1 aromatic rings. The number of hydrogen-bond acceptors (Lipinski definition) is 5. The topological polar surface area (TPSA) is 107 Å². The summed E-state index contributed by atoms with van der Waals surface area (Å²) in [6, 6.07) is 0. The van der Waals surface area contributed by atoms with Crippen LogP contribution in [0.5, 0.6) is 0 Å². The zero-order valence-electron chi connectivity index (χ0n) is 6.38. The maximum Gasteiger partial charge on any atom is 0.0945 e. The molecule has 0 radical (unpaired) electrons. The van der Waals surface area contributed by atoms with Crippen LogP contribution in [0.15, 0.2) is 18.7 Å². The summed E-state index contributed by atoms with van der Waals surface area (Å²) in [6.45, 7) is 3.10. The molecule has 1 rings (SSSR count). The van der Waals surface area contributed by atoms with Gasteiger partial charge in [0.05, 0.1) is 21.2 Å². The summed E-state index contributed by atoms with van der Waals surface area (Å²) in [4.78, 5) is 3.86. The second-order valence-electron chi connectivity index (χ2n) is 1.79. The Morgan fingerprint density at radius 2 is 2.00 bits per heavy atom. The first-order chi connectivity index (χ1) is 5.43. The Morgan fingerprint density at radius 1 is 1.50 bits per heavy atom. The van der Waals surface area contributed by atoms with Gasteiger partial charge in [-0.1, -0.05) is 0 Å². The highest BCUT2D eigenvalue weighted by Gasteiger charge is 1.98. The average molecular weight is 197 g/mol. The normalized spacial score (nSPS) is 10.4. The fourth-order valence-electron chi connectivity index (χ4n) is 0.474. The molecule has 0 amide bonds. The quantitative estimate of drug-likeness (QED) is 0.509. The van der Waals surface area contributed by atoms with Crippen LogP contribution >= 0.6 is 0 Å². The molecule has 0 spiro atoms. The van der Waals surface area contributed by atoms with Crippen molar-refractivity contribution in [1.82, 2.24) is 9.55 Å². The van der Waals surface area contributed by atoms with Crippen LogP contribution in [0.2, 0.25) is 0 Å². The van der Waals surface area contributed by atoms with Crippen molar-refractivity contribution >= 4 is 0 Å². The average Bonchev–Trinajstić information content (AvgIpc) is 2.33. The minimum Gasteiger partial charge on any atom is -0.338 e. The van der Waals surface area contributed by atoms with E-state index in [0.717, 1.165) is 6.54 Å². The van der Waals surface area contributed by atoms with Gasteiger partial charge in [-0.25, -0.2) is 4.98 Å². The third kappa shape index (κ3) is 9.34. The van der Waals surface area contributed by atoms with Gasteiger partial charge < -0.3 is 4.57 Å². The molecule has 12 heavy (non-hydrogen) atoms. The van der Waals surface area contributed by atoms with Gasteiger partial charge in [0.15, 0.2) is 0 Å². The van der Waals surface area contributed by atoms with Gasteiger partial charge in [0.25, 0.3) is 0 Å². The Bertz CT molecular complexity index is 190. The van der Waals surface area contributed by atoms with E-state index in [-0.39, 0.29) is 0 Å². The van der Waals surface area contributed by atoms with Gasteiger partial charge in [0.2, 0.25) is 0 Å². The molecule has 0 aliphatic rings. The van der Waals surface area contributed by atoms with E-state index < -0.39 is 10.2 Å². The zero-order chi connectivity index (χ0) is 9.61. The van der Waals surface area contributed by atoms with E-state index in [4.69, 9.17) is 18.6 Å². The van der Waals surface area contributed by atoms with Gasteiger partial charge in [0.1, 0.15) is 0 Å². The highest BCUT2D eigenvalue weighted by molar-refractivity contribution is 4.72. The Labute approximate surface area is 71.4 Å². The summed E-state index contributed by atoms with van der Waals surface area (Å²) in [6.07, 6.45) is 5.53. The van der Waals surface area contributed by atoms with Crippen molar-refractivity contribution in [1.29, 1.82) is 0 Å². The monoisotopic (exact) mass is 196 g/mol. The summed E-state index contributed by atoms with van der Waals surface area (Å²) in [5.41, 5.74) is 0. The molecular formula is C5H9ClN2O4. The van der Waals surface area contributed by atoms with Crippen molar-refractivity contribution in [3.8, 4) is 0 Å². The van der Waals surface area contributed by atoms with Gasteiger partial charge in [-0.05, 0) is 6.92 Å². The molecule has 1 aromatic heterocycles. The molecule has 7 heteroatoms. The van der Waals surface area contributed by atoms with Crippen LogP contribution < -0.4 is 14.0 Å². The molecule has 0 fully saturated rings. The molecule has 1 heterocycles. The lowest BCUT2D eigenvalue weighted by atomic mass is 10.7. The lowest BCUT2D eigenvalue weighted by Crippen LogP contribution is -2.58. The standard InChI is InChI=1S/C5H8N2.ClHO4/c1-2-7-4-3-6-5-7;2-1(3,4)5/h3-5H,2H2,1H3;(H,2,3,4,5). The van der Waals surface area contributed by atoms with E-state index in [1.165, 1.54) is 0 Å². The summed E-state index contributed by atoms with van der Waals surface area (Å²) < 4.78 is 34.7. The van der Waals surface area contributed by atoms with Crippen molar-refractivity contribution in [2.75, 3.05) is 0 Å². The molecular weight excluding hydrogens is 188 g/mol. The van der Waals surface area contributed by atoms with E-state index >= 15 is 0 Å². The lowest BCUT2D eigenvalue weighted by Gasteiger charge is -2.03. The minimum atomic E-state index is -4.69. The van der Waals surface area contributed by atoms with Crippen molar-refractivity contribution in [2.24, 2.45) is 0 Å². The third-order valence-corrected chi connectivity index (χ3v) is 0.924.